The monoisotopic (exact) mass is 355 g/mol. The van der Waals surface area contributed by atoms with E-state index in [0.717, 1.165) is 30.3 Å². The predicted molar refractivity (Wildman–Crippen MR) is 102 cm³/mol. The molecule has 2 fully saturated rings. The third-order valence-electron chi connectivity index (χ3n) is 5.78. The summed E-state index contributed by atoms with van der Waals surface area (Å²) in [6.07, 6.45) is 6.87. The number of carbonyl (C=O) groups is 1. The number of likely N-dealkylation sites (tertiary alicyclic amines) is 1. The number of thiophene rings is 1. The quantitative estimate of drug-likeness (QED) is 0.777. The molecule has 0 saturated carbocycles. The number of nitrogens with zero attached hydrogens (tertiary/aromatic N) is 3. The highest BCUT2D eigenvalue weighted by Crippen LogP contribution is 2.40. The average Bonchev–Trinajstić information content (AvgIpc) is 3.25. The maximum Gasteiger partial charge on any atom is 0.169 e. The molecule has 0 bridgehead atoms. The van der Waals surface area contributed by atoms with Gasteiger partial charge in [-0.25, -0.2) is 4.98 Å². The molecule has 0 amide bonds. The highest BCUT2D eigenvalue weighted by Gasteiger charge is 2.43. The van der Waals surface area contributed by atoms with Crippen molar-refractivity contribution in [3.8, 4) is 0 Å². The van der Waals surface area contributed by atoms with Crippen molar-refractivity contribution in [3.63, 3.8) is 0 Å². The molecule has 2 aromatic rings. The molecule has 132 valence electrons. The lowest BCUT2D eigenvalue weighted by Crippen LogP contribution is -2.52. The third-order valence-corrected chi connectivity index (χ3v) is 6.86. The Balaban J connectivity index is 1.43. The molecule has 0 unspecified atom stereocenters. The number of anilines is 1. The Bertz CT molecular complexity index is 734. The van der Waals surface area contributed by atoms with Gasteiger partial charge in [-0.3, -0.25) is 9.69 Å². The van der Waals surface area contributed by atoms with Crippen molar-refractivity contribution < 1.29 is 4.79 Å². The Kier molecular flexibility index (Phi) is 4.61. The summed E-state index contributed by atoms with van der Waals surface area (Å²) in [7, 11) is 0. The van der Waals surface area contributed by atoms with Gasteiger partial charge in [0, 0.05) is 31.4 Å². The SMILES string of the molecule is CC(=O)c1cc(CN2CCCC23CCN(c2ccccn2)CC3)cs1. The Morgan fingerprint density at radius 3 is 2.76 bits per heavy atom. The van der Waals surface area contributed by atoms with Gasteiger partial charge in [-0.15, -0.1) is 11.3 Å². The molecule has 2 aromatic heterocycles. The molecule has 1 spiro atoms. The molecule has 0 N–H and O–H groups in total. The highest BCUT2D eigenvalue weighted by atomic mass is 32.1. The summed E-state index contributed by atoms with van der Waals surface area (Å²) in [5, 5.41) is 2.16. The fourth-order valence-electron chi connectivity index (χ4n) is 4.36. The van der Waals surface area contributed by atoms with Crippen LogP contribution in [0.3, 0.4) is 0 Å². The second-order valence-electron chi connectivity index (χ2n) is 7.30. The molecular formula is C20H25N3OS. The molecule has 0 aromatic carbocycles. The average molecular weight is 356 g/mol. The number of hydrogen-bond acceptors (Lipinski definition) is 5. The van der Waals surface area contributed by atoms with Crippen LogP contribution in [0.1, 0.15) is 47.8 Å². The van der Waals surface area contributed by atoms with Crippen LogP contribution in [0.2, 0.25) is 0 Å². The van der Waals surface area contributed by atoms with Crippen LogP contribution in [-0.4, -0.2) is 40.8 Å². The number of piperidine rings is 1. The number of pyridine rings is 1. The minimum Gasteiger partial charge on any atom is -0.356 e. The maximum atomic E-state index is 11.5. The zero-order valence-electron chi connectivity index (χ0n) is 14.8. The molecule has 0 atom stereocenters. The summed E-state index contributed by atoms with van der Waals surface area (Å²) in [5.74, 6) is 1.28. The summed E-state index contributed by atoms with van der Waals surface area (Å²) in [6.45, 7) is 5.97. The Morgan fingerprint density at radius 1 is 1.24 bits per heavy atom. The topological polar surface area (TPSA) is 36.4 Å². The number of Topliss-reactive ketones (excluding diaryl/α,β-unsaturated/α-hetero) is 1. The van der Waals surface area contributed by atoms with E-state index in [2.05, 4.69) is 38.4 Å². The predicted octanol–water partition coefficient (Wildman–Crippen LogP) is 3.98. The molecule has 4 heterocycles. The molecule has 4 rings (SSSR count). The minimum atomic E-state index is 0.177. The van der Waals surface area contributed by atoms with Gasteiger partial charge >= 0.3 is 0 Å². The number of ketones is 1. The fraction of sp³-hybridized carbons (Fsp3) is 0.500. The molecule has 0 aliphatic carbocycles. The lowest BCUT2D eigenvalue weighted by Gasteiger charge is -2.45. The van der Waals surface area contributed by atoms with Gasteiger partial charge in [-0.2, -0.15) is 0 Å². The van der Waals surface area contributed by atoms with Gasteiger partial charge in [0.05, 0.1) is 4.88 Å². The van der Waals surface area contributed by atoms with Crippen LogP contribution in [0.4, 0.5) is 5.82 Å². The first-order chi connectivity index (χ1) is 12.2. The van der Waals surface area contributed by atoms with Crippen LogP contribution >= 0.6 is 11.3 Å². The minimum absolute atomic E-state index is 0.177. The maximum absolute atomic E-state index is 11.5. The first-order valence-electron chi connectivity index (χ1n) is 9.16. The number of rotatable bonds is 4. The standard InChI is InChI=1S/C20H25N3OS/c1-16(24)18-13-17(15-25-18)14-23-10-4-6-20(23)7-11-22(12-8-20)19-5-2-3-9-21-19/h2-3,5,9,13,15H,4,6-8,10-12,14H2,1H3. The summed E-state index contributed by atoms with van der Waals surface area (Å²) >= 11 is 1.58. The summed E-state index contributed by atoms with van der Waals surface area (Å²) in [6, 6.07) is 8.24. The van der Waals surface area contributed by atoms with E-state index in [4.69, 9.17) is 0 Å². The van der Waals surface area contributed by atoms with E-state index in [1.165, 1.54) is 37.8 Å². The normalized spacial score (nSPS) is 20.3. The van der Waals surface area contributed by atoms with Crippen molar-refractivity contribution in [1.29, 1.82) is 0 Å². The van der Waals surface area contributed by atoms with Crippen LogP contribution in [0.15, 0.2) is 35.8 Å². The Morgan fingerprint density at radius 2 is 2.08 bits per heavy atom. The van der Waals surface area contributed by atoms with E-state index in [1.807, 2.05) is 12.3 Å². The highest BCUT2D eigenvalue weighted by molar-refractivity contribution is 7.12. The van der Waals surface area contributed by atoms with Crippen LogP contribution in [-0.2, 0) is 6.54 Å². The van der Waals surface area contributed by atoms with Crippen LogP contribution in [0.5, 0.6) is 0 Å². The second-order valence-corrected chi connectivity index (χ2v) is 8.21. The van der Waals surface area contributed by atoms with Crippen LogP contribution < -0.4 is 4.90 Å². The molecule has 2 saturated heterocycles. The van der Waals surface area contributed by atoms with E-state index in [1.54, 1.807) is 18.3 Å². The zero-order chi connectivity index (χ0) is 17.3. The smallest absolute Gasteiger partial charge is 0.169 e. The lowest BCUT2D eigenvalue weighted by atomic mass is 9.84. The molecule has 4 nitrogen and oxygen atoms in total. The zero-order valence-corrected chi connectivity index (χ0v) is 15.6. The molecule has 25 heavy (non-hydrogen) atoms. The number of carbonyl (C=O) groups excluding carboxylic acids is 1. The van der Waals surface area contributed by atoms with Crippen molar-refractivity contribution in [1.82, 2.24) is 9.88 Å². The van der Waals surface area contributed by atoms with E-state index < -0.39 is 0 Å². The molecule has 5 heteroatoms. The van der Waals surface area contributed by atoms with Gasteiger partial charge < -0.3 is 4.90 Å². The van der Waals surface area contributed by atoms with Gasteiger partial charge in [0.2, 0.25) is 0 Å². The van der Waals surface area contributed by atoms with Crippen molar-refractivity contribution in [2.24, 2.45) is 0 Å². The van der Waals surface area contributed by atoms with Gasteiger partial charge in [0.25, 0.3) is 0 Å². The Labute approximate surface area is 153 Å². The first-order valence-corrected chi connectivity index (χ1v) is 10.0. The largest absolute Gasteiger partial charge is 0.356 e. The van der Waals surface area contributed by atoms with Crippen LogP contribution in [0.25, 0.3) is 0 Å². The third kappa shape index (κ3) is 3.35. The van der Waals surface area contributed by atoms with Crippen molar-refractivity contribution in [2.75, 3.05) is 24.5 Å². The van der Waals surface area contributed by atoms with Gasteiger partial charge in [0.1, 0.15) is 5.82 Å². The van der Waals surface area contributed by atoms with Crippen molar-refractivity contribution in [2.45, 2.75) is 44.7 Å². The summed E-state index contributed by atoms with van der Waals surface area (Å²) in [4.78, 5) is 22.0. The number of aromatic nitrogens is 1. The van der Waals surface area contributed by atoms with Gasteiger partial charge in [-0.1, -0.05) is 6.07 Å². The number of hydrogen-bond donors (Lipinski definition) is 0. The van der Waals surface area contributed by atoms with Crippen LogP contribution in [0, 0.1) is 0 Å². The van der Waals surface area contributed by atoms with E-state index >= 15 is 0 Å². The van der Waals surface area contributed by atoms with Gasteiger partial charge in [0.15, 0.2) is 5.78 Å². The fourth-order valence-corrected chi connectivity index (χ4v) is 5.17. The van der Waals surface area contributed by atoms with Crippen molar-refractivity contribution >= 4 is 22.9 Å². The second kappa shape index (κ2) is 6.89. The van der Waals surface area contributed by atoms with Gasteiger partial charge in [-0.05, 0) is 68.3 Å². The Hall–Kier alpha value is -1.72. The summed E-state index contributed by atoms with van der Waals surface area (Å²) in [5.41, 5.74) is 1.63. The van der Waals surface area contributed by atoms with E-state index in [-0.39, 0.29) is 5.78 Å². The molecule has 2 aliphatic rings. The first kappa shape index (κ1) is 16.7. The molecule has 2 aliphatic heterocycles. The van der Waals surface area contributed by atoms with Crippen molar-refractivity contribution in [3.05, 3.63) is 46.3 Å². The summed E-state index contributed by atoms with van der Waals surface area (Å²) < 4.78 is 0. The molecule has 0 radical (unpaired) electrons. The molecular weight excluding hydrogens is 330 g/mol. The van der Waals surface area contributed by atoms with E-state index in [0.29, 0.717) is 5.54 Å². The van der Waals surface area contributed by atoms with E-state index in [9.17, 15) is 4.79 Å². The lowest BCUT2D eigenvalue weighted by molar-refractivity contribution is 0.0995.